The maximum absolute atomic E-state index is 4.39. The third-order valence-electron chi connectivity index (χ3n) is 3.80. The topological polar surface area (TPSA) is 68.5 Å². The lowest BCUT2D eigenvalue weighted by Gasteiger charge is -2.08. The zero-order valence-electron chi connectivity index (χ0n) is 13.9. The maximum atomic E-state index is 4.39. The normalized spacial score (nSPS) is 10.9. The first kappa shape index (κ1) is 16.3. The highest BCUT2D eigenvalue weighted by molar-refractivity contribution is 5.47. The van der Waals surface area contributed by atoms with Crippen molar-refractivity contribution in [3.8, 4) is 11.5 Å². The largest absolute Gasteiger partial charge is 0.335 e. The van der Waals surface area contributed by atoms with Crippen LogP contribution < -0.4 is 5.32 Å². The fourth-order valence-corrected chi connectivity index (χ4v) is 2.54. The van der Waals surface area contributed by atoms with E-state index in [1.165, 1.54) is 0 Å². The van der Waals surface area contributed by atoms with Gasteiger partial charge in [-0.1, -0.05) is 13.0 Å². The van der Waals surface area contributed by atoms with Crippen LogP contribution in [0.3, 0.4) is 0 Å². The molecule has 0 aliphatic rings. The van der Waals surface area contributed by atoms with Crippen LogP contribution in [0.2, 0.25) is 0 Å². The Bertz CT molecular complexity index is 736. The van der Waals surface area contributed by atoms with Crippen molar-refractivity contribution < 1.29 is 0 Å². The first-order valence-corrected chi connectivity index (χ1v) is 8.30. The number of nitrogens with one attached hydrogen (secondary N) is 1. The molecule has 0 aliphatic heterocycles. The highest BCUT2D eigenvalue weighted by Gasteiger charge is 2.02. The van der Waals surface area contributed by atoms with Crippen molar-refractivity contribution in [1.29, 1.82) is 0 Å². The van der Waals surface area contributed by atoms with Crippen LogP contribution in [0.1, 0.15) is 24.7 Å². The summed E-state index contributed by atoms with van der Waals surface area (Å²) in [6.45, 7) is 4.84. The number of pyridine rings is 1. The summed E-state index contributed by atoms with van der Waals surface area (Å²) in [5, 5.41) is 3.43. The second-order valence-electron chi connectivity index (χ2n) is 5.55. The molecule has 3 heterocycles. The van der Waals surface area contributed by atoms with E-state index in [-0.39, 0.29) is 0 Å². The standard InChI is InChI=1S/C18H22N6/c1-2-17-21-9-11-24(17)10-5-7-19-12-15-13-22-18(23-14-15)16-6-3-4-8-20-16/h3-4,6,8-9,11,13-14,19H,2,5,7,10,12H2,1H3. The summed E-state index contributed by atoms with van der Waals surface area (Å²) in [5.41, 5.74) is 1.87. The Kier molecular flexibility index (Phi) is 5.63. The van der Waals surface area contributed by atoms with Gasteiger partial charge in [0.05, 0.1) is 0 Å². The van der Waals surface area contributed by atoms with Crippen LogP contribution >= 0.6 is 0 Å². The van der Waals surface area contributed by atoms with E-state index in [9.17, 15) is 0 Å². The molecule has 3 aromatic rings. The van der Waals surface area contributed by atoms with Gasteiger partial charge >= 0.3 is 0 Å². The molecule has 0 unspecified atom stereocenters. The number of imidazole rings is 1. The van der Waals surface area contributed by atoms with Crippen LogP contribution in [0.15, 0.2) is 49.2 Å². The molecule has 0 amide bonds. The second kappa shape index (κ2) is 8.31. The Morgan fingerprint density at radius 2 is 1.92 bits per heavy atom. The van der Waals surface area contributed by atoms with Gasteiger partial charge < -0.3 is 9.88 Å². The van der Waals surface area contributed by atoms with E-state index in [4.69, 9.17) is 0 Å². The molecule has 0 aromatic carbocycles. The number of hydrogen-bond donors (Lipinski definition) is 1. The minimum absolute atomic E-state index is 0.659. The predicted molar refractivity (Wildman–Crippen MR) is 93.2 cm³/mol. The average molecular weight is 322 g/mol. The molecule has 0 bridgehead atoms. The Morgan fingerprint density at radius 1 is 1.04 bits per heavy atom. The lowest BCUT2D eigenvalue weighted by Crippen LogP contribution is -2.17. The molecule has 3 rings (SSSR count). The predicted octanol–water partition coefficient (Wildman–Crippen LogP) is 2.48. The van der Waals surface area contributed by atoms with Gasteiger partial charge in [-0.3, -0.25) is 4.98 Å². The summed E-state index contributed by atoms with van der Waals surface area (Å²) in [6.07, 6.45) is 11.4. The van der Waals surface area contributed by atoms with Gasteiger partial charge in [-0.15, -0.1) is 0 Å². The third kappa shape index (κ3) is 4.23. The summed E-state index contributed by atoms with van der Waals surface area (Å²) < 4.78 is 2.21. The summed E-state index contributed by atoms with van der Waals surface area (Å²) >= 11 is 0. The van der Waals surface area contributed by atoms with Crippen molar-refractivity contribution in [2.45, 2.75) is 32.9 Å². The lowest BCUT2D eigenvalue weighted by molar-refractivity contribution is 0.566. The molecular weight excluding hydrogens is 300 g/mol. The molecule has 0 spiro atoms. The summed E-state index contributed by atoms with van der Waals surface area (Å²) in [7, 11) is 0. The highest BCUT2D eigenvalue weighted by Crippen LogP contribution is 2.09. The number of aryl methyl sites for hydroxylation is 2. The molecule has 0 saturated carbocycles. The van der Waals surface area contributed by atoms with Crippen molar-refractivity contribution in [2.24, 2.45) is 0 Å². The van der Waals surface area contributed by atoms with Gasteiger partial charge in [0.2, 0.25) is 0 Å². The van der Waals surface area contributed by atoms with Crippen LogP contribution in [-0.2, 0) is 19.5 Å². The van der Waals surface area contributed by atoms with Gasteiger partial charge in [0.1, 0.15) is 11.5 Å². The zero-order valence-corrected chi connectivity index (χ0v) is 13.9. The molecule has 124 valence electrons. The van der Waals surface area contributed by atoms with Gasteiger partial charge in [-0.2, -0.15) is 0 Å². The van der Waals surface area contributed by atoms with Crippen molar-refractivity contribution in [1.82, 2.24) is 29.8 Å². The molecule has 6 nitrogen and oxygen atoms in total. The van der Waals surface area contributed by atoms with Crippen LogP contribution in [0.25, 0.3) is 11.5 Å². The molecule has 24 heavy (non-hydrogen) atoms. The summed E-state index contributed by atoms with van der Waals surface area (Å²) in [4.78, 5) is 17.4. The zero-order chi connectivity index (χ0) is 16.6. The molecule has 3 aromatic heterocycles. The van der Waals surface area contributed by atoms with Crippen LogP contribution in [0.5, 0.6) is 0 Å². The number of aromatic nitrogens is 5. The molecule has 0 atom stereocenters. The third-order valence-corrected chi connectivity index (χ3v) is 3.80. The number of rotatable bonds is 8. The van der Waals surface area contributed by atoms with E-state index in [1.54, 1.807) is 6.20 Å². The van der Waals surface area contributed by atoms with Crippen LogP contribution in [0.4, 0.5) is 0 Å². The Morgan fingerprint density at radius 3 is 2.67 bits per heavy atom. The minimum Gasteiger partial charge on any atom is -0.335 e. The van der Waals surface area contributed by atoms with E-state index < -0.39 is 0 Å². The van der Waals surface area contributed by atoms with Crippen LogP contribution in [-0.4, -0.2) is 31.0 Å². The fraction of sp³-hybridized carbons (Fsp3) is 0.333. The van der Waals surface area contributed by atoms with Crippen molar-refractivity contribution in [3.05, 3.63) is 60.6 Å². The minimum atomic E-state index is 0.659. The number of hydrogen-bond acceptors (Lipinski definition) is 5. The first-order chi connectivity index (χ1) is 11.9. The molecular formula is C18H22N6. The Hall–Kier alpha value is -2.60. The highest BCUT2D eigenvalue weighted by atomic mass is 15.1. The quantitative estimate of drug-likeness (QED) is 0.645. The molecule has 0 aliphatic carbocycles. The summed E-state index contributed by atoms with van der Waals surface area (Å²) in [6, 6.07) is 5.73. The molecule has 0 radical (unpaired) electrons. The maximum Gasteiger partial charge on any atom is 0.178 e. The Balaban J connectivity index is 1.42. The monoisotopic (exact) mass is 322 g/mol. The lowest BCUT2D eigenvalue weighted by atomic mass is 10.3. The molecule has 1 N–H and O–H groups in total. The smallest absolute Gasteiger partial charge is 0.178 e. The van der Waals surface area contributed by atoms with E-state index in [1.807, 2.05) is 43.0 Å². The van der Waals surface area contributed by atoms with Gasteiger partial charge in [-0.05, 0) is 25.1 Å². The second-order valence-corrected chi connectivity index (χ2v) is 5.55. The number of nitrogens with zero attached hydrogens (tertiary/aromatic N) is 5. The van der Waals surface area contributed by atoms with Gasteiger partial charge in [0.15, 0.2) is 5.82 Å². The molecule has 0 saturated heterocycles. The van der Waals surface area contributed by atoms with E-state index in [0.29, 0.717) is 5.82 Å². The Labute approximate surface area is 142 Å². The fourth-order valence-electron chi connectivity index (χ4n) is 2.54. The van der Waals surface area contributed by atoms with Crippen molar-refractivity contribution in [3.63, 3.8) is 0 Å². The van der Waals surface area contributed by atoms with E-state index in [0.717, 1.165) is 49.6 Å². The SMILES string of the molecule is CCc1nccn1CCCNCc1cnc(-c2ccccn2)nc1. The van der Waals surface area contributed by atoms with Gasteiger partial charge in [-0.25, -0.2) is 15.0 Å². The summed E-state index contributed by atoms with van der Waals surface area (Å²) in [5.74, 6) is 1.81. The van der Waals surface area contributed by atoms with Crippen molar-refractivity contribution >= 4 is 0 Å². The van der Waals surface area contributed by atoms with Gasteiger partial charge in [0.25, 0.3) is 0 Å². The van der Waals surface area contributed by atoms with E-state index in [2.05, 4.69) is 36.7 Å². The van der Waals surface area contributed by atoms with E-state index >= 15 is 0 Å². The van der Waals surface area contributed by atoms with Gasteiger partial charge in [0, 0.05) is 56.1 Å². The molecule has 6 heteroatoms. The van der Waals surface area contributed by atoms with Crippen molar-refractivity contribution in [2.75, 3.05) is 6.54 Å². The average Bonchev–Trinajstić information content (AvgIpc) is 3.10. The molecule has 0 fully saturated rings. The van der Waals surface area contributed by atoms with Crippen LogP contribution in [0, 0.1) is 0 Å². The first-order valence-electron chi connectivity index (χ1n) is 8.30.